The Morgan fingerprint density at radius 2 is 1.65 bits per heavy atom. The second-order valence-corrected chi connectivity index (χ2v) is 8.86. The predicted octanol–water partition coefficient (Wildman–Crippen LogP) is 5.38. The van der Waals surface area contributed by atoms with Crippen molar-refractivity contribution in [3.05, 3.63) is 0 Å². The van der Waals surface area contributed by atoms with E-state index in [0.29, 0.717) is 26.2 Å². The molecule has 4 atom stereocenters. The van der Waals surface area contributed by atoms with Gasteiger partial charge in [-0.3, -0.25) is 4.79 Å². The summed E-state index contributed by atoms with van der Waals surface area (Å²) in [4.78, 5) is 24.4. The van der Waals surface area contributed by atoms with Crippen molar-refractivity contribution in [2.45, 2.75) is 123 Å². The Bertz CT molecular complexity index is 486. The minimum atomic E-state index is -0.263. The van der Waals surface area contributed by atoms with Gasteiger partial charge in [-0.15, -0.1) is 0 Å². The van der Waals surface area contributed by atoms with Crippen molar-refractivity contribution in [1.29, 1.82) is 0 Å². The number of hydrogen-bond donors (Lipinski definition) is 2. The molecule has 0 bridgehead atoms. The average molecular weight is 441 g/mol. The second-order valence-electron chi connectivity index (χ2n) is 8.86. The summed E-state index contributed by atoms with van der Waals surface area (Å²) in [5.41, 5.74) is 0. The number of fused-ring (bicyclic) bond motifs is 1. The highest BCUT2D eigenvalue weighted by Crippen LogP contribution is 2.33. The number of unbranched alkanes of at least 4 members (excludes halogenated alkanes) is 7. The van der Waals surface area contributed by atoms with Gasteiger partial charge in [0.05, 0.1) is 24.9 Å². The van der Waals surface area contributed by atoms with Gasteiger partial charge < -0.3 is 20.1 Å². The first kappa shape index (κ1) is 27.9. The summed E-state index contributed by atoms with van der Waals surface area (Å²) < 4.78 is 12.1. The molecule has 0 aromatic heterocycles. The fourth-order valence-corrected chi connectivity index (χ4v) is 4.39. The molecule has 0 spiro atoms. The Balaban J connectivity index is 0.00000151. The lowest BCUT2D eigenvalue weighted by Gasteiger charge is -2.44. The monoisotopic (exact) mass is 440 g/mol. The lowest BCUT2D eigenvalue weighted by molar-refractivity contribution is -0.151. The zero-order valence-corrected chi connectivity index (χ0v) is 20.5. The van der Waals surface area contributed by atoms with Crippen LogP contribution in [0.1, 0.15) is 105 Å². The molecule has 1 aliphatic heterocycles. The van der Waals surface area contributed by atoms with Crippen LogP contribution in [0.3, 0.4) is 0 Å². The van der Waals surface area contributed by atoms with E-state index in [1.54, 1.807) is 0 Å². The van der Waals surface area contributed by atoms with E-state index in [0.717, 1.165) is 19.3 Å². The Morgan fingerprint density at radius 3 is 2.29 bits per heavy atom. The molecule has 4 unspecified atom stereocenters. The third-order valence-corrected chi connectivity index (χ3v) is 5.95. The highest BCUT2D eigenvalue weighted by atomic mass is 16.5. The van der Waals surface area contributed by atoms with Crippen LogP contribution in [0.15, 0.2) is 0 Å². The van der Waals surface area contributed by atoms with Gasteiger partial charge in [-0.25, -0.2) is 4.79 Å². The Kier molecular flexibility index (Phi) is 15.7. The molecule has 2 fully saturated rings. The van der Waals surface area contributed by atoms with E-state index in [1.807, 2.05) is 6.92 Å². The first-order valence-corrected chi connectivity index (χ1v) is 12.9. The van der Waals surface area contributed by atoms with E-state index >= 15 is 0 Å². The third-order valence-electron chi connectivity index (χ3n) is 5.95. The summed E-state index contributed by atoms with van der Waals surface area (Å²) in [6, 6.07) is -0.473. The van der Waals surface area contributed by atoms with E-state index in [9.17, 15) is 9.59 Å². The summed E-state index contributed by atoms with van der Waals surface area (Å²) in [6.45, 7) is 10.1. The van der Waals surface area contributed by atoms with Gasteiger partial charge in [0.25, 0.3) is 0 Å². The molecule has 2 N–H and O–H groups in total. The molecule has 182 valence electrons. The molecular formula is C25H48N2O4. The molecule has 0 aromatic rings. The molecule has 2 rings (SSSR count). The minimum Gasteiger partial charge on any atom is -0.376 e. The van der Waals surface area contributed by atoms with Gasteiger partial charge in [0.15, 0.2) is 0 Å². The van der Waals surface area contributed by atoms with Gasteiger partial charge >= 0.3 is 6.03 Å². The number of carbonyl (C=O) groups excluding carboxylic acids is 2. The average Bonchev–Trinajstić information content (AvgIpc) is 2.75. The molecule has 6 heteroatoms. The van der Waals surface area contributed by atoms with Gasteiger partial charge in [-0.2, -0.15) is 0 Å². The van der Waals surface area contributed by atoms with Crippen LogP contribution in [-0.2, 0) is 14.3 Å². The van der Waals surface area contributed by atoms with Crippen molar-refractivity contribution in [2.24, 2.45) is 5.92 Å². The Morgan fingerprint density at radius 1 is 1.00 bits per heavy atom. The van der Waals surface area contributed by atoms with Crippen LogP contribution >= 0.6 is 0 Å². The summed E-state index contributed by atoms with van der Waals surface area (Å²) in [5, 5.41) is 5.80. The molecule has 0 radical (unpaired) electrons. The van der Waals surface area contributed by atoms with Crippen molar-refractivity contribution >= 4 is 11.8 Å². The van der Waals surface area contributed by atoms with Crippen LogP contribution in [0, 0.1) is 5.92 Å². The van der Waals surface area contributed by atoms with E-state index < -0.39 is 0 Å². The zero-order valence-electron chi connectivity index (χ0n) is 20.5. The number of carbonyl (C=O) groups is 2. The van der Waals surface area contributed by atoms with E-state index in [2.05, 4.69) is 31.4 Å². The fraction of sp³-hybridized carbons (Fsp3) is 0.920. The van der Waals surface area contributed by atoms with Gasteiger partial charge in [-0.05, 0) is 26.2 Å². The molecule has 2 aliphatic rings. The largest absolute Gasteiger partial charge is 0.376 e. The van der Waals surface area contributed by atoms with Crippen LogP contribution in [0.25, 0.3) is 0 Å². The Hall–Kier alpha value is -1.14. The van der Waals surface area contributed by atoms with Crippen LogP contribution in [0.2, 0.25) is 0 Å². The standard InChI is InChI=1S/C22H40N2O4.C3H8/c1-3-5-6-7-8-9-10-11-15-27-19-13-12-17-18(25)14-16-28-21(17)20(19)24-22(26)23-4-2;1-3-2/h17,19-21H,3-16H2,1-2H3,(H2,23,24,26);3H2,1-2H3. The summed E-state index contributed by atoms with van der Waals surface area (Å²) in [5.74, 6) is 0.157. The van der Waals surface area contributed by atoms with Crippen molar-refractivity contribution in [1.82, 2.24) is 10.6 Å². The number of Topliss-reactive ketones (excluding diaryl/α,β-unsaturated/α-hetero) is 1. The molecular weight excluding hydrogens is 392 g/mol. The van der Waals surface area contributed by atoms with Crippen molar-refractivity contribution < 1.29 is 19.1 Å². The Labute approximate surface area is 190 Å². The number of amides is 2. The number of hydrogen-bond acceptors (Lipinski definition) is 4. The van der Waals surface area contributed by atoms with Crippen molar-refractivity contribution in [3.8, 4) is 0 Å². The molecule has 2 amide bonds. The lowest BCUT2D eigenvalue weighted by Crippen LogP contribution is -2.61. The molecule has 1 heterocycles. The van der Waals surface area contributed by atoms with Crippen molar-refractivity contribution in [2.75, 3.05) is 19.8 Å². The van der Waals surface area contributed by atoms with E-state index in [1.165, 1.54) is 51.4 Å². The van der Waals surface area contributed by atoms with Crippen LogP contribution in [0.4, 0.5) is 4.79 Å². The van der Waals surface area contributed by atoms with Gasteiger partial charge in [0, 0.05) is 25.5 Å². The predicted molar refractivity (Wildman–Crippen MR) is 126 cm³/mol. The topological polar surface area (TPSA) is 76.7 Å². The second kappa shape index (κ2) is 17.4. The summed E-state index contributed by atoms with van der Waals surface area (Å²) in [6.07, 6.45) is 13.1. The van der Waals surface area contributed by atoms with Crippen LogP contribution < -0.4 is 10.6 Å². The minimum absolute atomic E-state index is 0.0840. The molecule has 1 saturated carbocycles. The highest BCUT2D eigenvalue weighted by Gasteiger charge is 2.46. The zero-order chi connectivity index (χ0) is 22.9. The maximum Gasteiger partial charge on any atom is 0.315 e. The number of urea groups is 1. The van der Waals surface area contributed by atoms with E-state index in [4.69, 9.17) is 9.47 Å². The SMILES string of the molecule is CCC.CCCCCCCCCCOC1CCC2C(=O)CCOC2C1NC(=O)NCC. The molecule has 1 saturated heterocycles. The molecule has 1 aliphatic carbocycles. The maximum absolute atomic E-state index is 12.3. The first-order chi connectivity index (χ1) is 15.1. The third kappa shape index (κ3) is 10.8. The molecule has 0 aromatic carbocycles. The summed E-state index contributed by atoms with van der Waals surface area (Å²) in [7, 11) is 0. The number of rotatable bonds is 12. The number of ether oxygens (including phenoxy) is 2. The van der Waals surface area contributed by atoms with Crippen molar-refractivity contribution in [3.63, 3.8) is 0 Å². The maximum atomic E-state index is 12.3. The van der Waals surface area contributed by atoms with Gasteiger partial charge in [0.1, 0.15) is 5.78 Å². The fourth-order valence-electron chi connectivity index (χ4n) is 4.39. The van der Waals surface area contributed by atoms with Crippen LogP contribution in [0.5, 0.6) is 0 Å². The lowest BCUT2D eigenvalue weighted by atomic mass is 9.76. The number of ketones is 1. The first-order valence-electron chi connectivity index (χ1n) is 12.9. The molecule has 6 nitrogen and oxygen atoms in total. The van der Waals surface area contributed by atoms with Crippen LogP contribution in [-0.4, -0.2) is 49.8 Å². The van der Waals surface area contributed by atoms with E-state index in [-0.39, 0.29) is 36.0 Å². The van der Waals surface area contributed by atoms with Gasteiger partial charge in [-0.1, -0.05) is 72.1 Å². The normalized spacial score (nSPS) is 25.2. The molecule has 31 heavy (non-hydrogen) atoms. The van der Waals surface area contributed by atoms with Gasteiger partial charge in [0.2, 0.25) is 0 Å². The number of nitrogens with one attached hydrogen (secondary N) is 2. The summed E-state index contributed by atoms with van der Waals surface area (Å²) >= 11 is 0. The smallest absolute Gasteiger partial charge is 0.315 e. The quantitative estimate of drug-likeness (QED) is 0.399. The highest BCUT2D eigenvalue weighted by molar-refractivity contribution is 5.83.